The third-order valence-electron chi connectivity index (χ3n) is 2.52. The van der Waals surface area contributed by atoms with E-state index < -0.39 is 0 Å². The van der Waals surface area contributed by atoms with Crippen LogP contribution in [0.25, 0.3) is 0 Å². The number of ether oxygens (including phenoxy) is 1. The summed E-state index contributed by atoms with van der Waals surface area (Å²) in [6, 6.07) is -0.108. The predicted molar refractivity (Wildman–Crippen MR) is 43.2 cm³/mol. The molecule has 11 heavy (non-hydrogen) atoms. The first-order valence-electron chi connectivity index (χ1n) is 4.11. The van der Waals surface area contributed by atoms with Gasteiger partial charge in [0.25, 0.3) is 0 Å². The van der Waals surface area contributed by atoms with Gasteiger partial charge in [0.15, 0.2) is 0 Å². The number of methoxy groups -OCH3 is 1. The second kappa shape index (κ2) is 3.52. The van der Waals surface area contributed by atoms with E-state index in [1.807, 2.05) is 6.92 Å². The van der Waals surface area contributed by atoms with Crippen molar-refractivity contribution in [3.8, 4) is 0 Å². The second-order valence-corrected chi connectivity index (χ2v) is 3.46. The summed E-state index contributed by atoms with van der Waals surface area (Å²) in [5.74, 6) is 0.267. The summed E-state index contributed by atoms with van der Waals surface area (Å²) >= 11 is 0. The Morgan fingerprint density at radius 3 is 2.55 bits per heavy atom. The number of hydrogen-bond acceptors (Lipinski definition) is 3. The molecule has 0 bridgehead atoms. The van der Waals surface area contributed by atoms with Crippen molar-refractivity contribution in [3.63, 3.8) is 0 Å². The van der Waals surface area contributed by atoms with Crippen LogP contribution in [0.1, 0.15) is 19.8 Å². The molecule has 3 heteroatoms. The monoisotopic (exact) mass is 159 g/mol. The van der Waals surface area contributed by atoms with Gasteiger partial charge in [0, 0.05) is 13.2 Å². The fourth-order valence-corrected chi connectivity index (χ4v) is 1.71. The molecule has 3 N–H and O–H groups in total. The largest absolute Gasteiger partial charge is 0.391 e. The minimum atomic E-state index is -0.346. The molecule has 0 saturated heterocycles. The molecule has 0 aromatic rings. The molecule has 0 aromatic carbocycles. The normalized spacial score (nSPS) is 45.8. The Bertz CT molecular complexity index is 117. The maximum Gasteiger partial charge on any atom is 0.0718 e. The van der Waals surface area contributed by atoms with E-state index in [9.17, 15) is 5.11 Å². The molecule has 0 amide bonds. The highest BCUT2D eigenvalue weighted by Crippen LogP contribution is 2.25. The van der Waals surface area contributed by atoms with Crippen LogP contribution in [0.4, 0.5) is 0 Å². The minimum absolute atomic E-state index is 0.108. The average molecular weight is 159 g/mol. The van der Waals surface area contributed by atoms with Gasteiger partial charge >= 0.3 is 0 Å². The molecule has 1 rings (SSSR count). The van der Waals surface area contributed by atoms with Gasteiger partial charge in [-0.3, -0.25) is 0 Å². The van der Waals surface area contributed by atoms with Gasteiger partial charge in [-0.25, -0.2) is 0 Å². The van der Waals surface area contributed by atoms with Gasteiger partial charge < -0.3 is 15.6 Å². The summed E-state index contributed by atoms with van der Waals surface area (Å²) in [5.41, 5.74) is 5.70. The highest BCUT2D eigenvalue weighted by atomic mass is 16.5. The Kier molecular flexibility index (Phi) is 2.87. The van der Waals surface area contributed by atoms with Crippen LogP contribution in [-0.4, -0.2) is 30.5 Å². The lowest BCUT2D eigenvalue weighted by atomic mass is 9.83. The summed E-state index contributed by atoms with van der Waals surface area (Å²) in [7, 11) is 1.70. The third kappa shape index (κ3) is 1.92. The Balaban J connectivity index is 2.47. The van der Waals surface area contributed by atoms with E-state index in [0.717, 1.165) is 12.8 Å². The zero-order chi connectivity index (χ0) is 8.43. The van der Waals surface area contributed by atoms with Crippen LogP contribution in [0.2, 0.25) is 0 Å². The number of aliphatic hydroxyl groups is 1. The second-order valence-electron chi connectivity index (χ2n) is 3.46. The number of hydrogen-bond donors (Lipinski definition) is 2. The minimum Gasteiger partial charge on any atom is -0.391 e. The van der Waals surface area contributed by atoms with Crippen LogP contribution in [0.3, 0.4) is 0 Å². The van der Waals surface area contributed by atoms with E-state index in [0.29, 0.717) is 0 Å². The van der Waals surface area contributed by atoms with Crippen molar-refractivity contribution in [3.05, 3.63) is 0 Å². The van der Waals surface area contributed by atoms with Crippen molar-refractivity contribution >= 4 is 0 Å². The first kappa shape index (κ1) is 8.97. The lowest BCUT2D eigenvalue weighted by Crippen LogP contribution is -2.47. The molecule has 3 nitrogen and oxygen atoms in total. The molecule has 0 heterocycles. The third-order valence-corrected chi connectivity index (χ3v) is 2.52. The molecule has 0 aliphatic heterocycles. The van der Waals surface area contributed by atoms with Crippen molar-refractivity contribution in [2.45, 2.75) is 38.0 Å². The van der Waals surface area contributed by atoms with E-state index in [-0.39, 0.29) is 24.2 Å². The fourth-order valence-electron chi connectivity index (χ4n) is 1.71. The molecular weight excluding hydrogens is 142 g/mol. The van der Waals surface area contributed by atoms with Gasteiger partial charge in [-0.05, 0) is 18.8 Å². The number of rotatable bonds is 1. The predicted octanol–water partition coefficient (Wildman–Crippen LogP) is 0.120. The summed E-state index contributed by atoms with van der Waals surface area (Å²) in [5, 5.41) is 9.48. The maximum atomic E-state index is 9.48. The summed E-state index contributed by atoms with van der Waals surface area (Å²) in [6.07, 6.45) is 1.60. The lowest BCUT2D eigenvalue weighted by Gasteiger charge is -2.34. The maximum absolute atomic E-state index is 9.48. The van der Waals surface area contributed by atoms with E-state index >= 15 is 0 Å². The van der Waals surface area contributed by atoms with Gasteiger partial charge in [-0.1, -0.05) is 6.92 Å². The molecule has 1 unspecified atom stereocenters. The van der Waals surface area contributed by atoms with Crippen LogP contribution in [0.15, 0.2) is 0 Å². The molecule has 1 saturated carbocycles. The lowest BCUT2D eigenvalue weighted by molar-refractivity contribution is -0.0204. The van der Waals surface area contributed by atoms with Crippen LogP contribution in [0.5, 0.6) is 0 Å². The average Bonchev–Trinajstić information content (AvgIpc) is 1.99. The van der Waals surface area contributed by atoms with Crippen LogP contribution >= 0.6 is 0 Å². The first-order chi connectivity index (χ1) is 5.15. The quantitative estimate of drug-likeness (QED) is 0.571. The van der Waals surface area contributed by atoms with Gasteiger partial charge in [0.05, 0.1) is 12.2 Å². The van der Waals surface area contributed by atoms with Crippen LogP contribution < -0.4 is 5.73 Å². The van der Waals surface area contributed by atoms with Crippen molar-refractivity contribution in [1.82, 2.24) is 0 Å². The Labute approximate surface area is 67.5 Å². The number of nitrogens with two attached hydrogens (primary N) is 1. The first-order valence-corrected chi connectivity index (χ1v) is 4.11. The van der Waals surface area contributed by atoms with E-state index in [1.54, 1.807) is 7.11 Å². The van der Waals surface area contributed by atoms with Crippen molar-refractivity contribution in [1.29, 1.82) is 0 Å². The van der Waals surface area contributed by atoms with Gasteiger partial charge in [-0.15, -0.1) is 0 Å². The standard InChI is InChI=1S/C8H17NO2/c1-5-3-6(11-2)4-7(9)8(5)10/h5-8,10H,3-4,9H2,1-2H3/t5?,6-,7-,8+/m1/s1. The van der Waals surface area contributed by atoms with Crippen LogP contribution in [0, 0.1) is 5.92 Å². The smallest absolute Gasteiger partial charge is 0.0718 e. The highest BCUT2D eigenvalue weighted by Gasteiger charge is 2.31. The molecular formula is C8H17NO2. The van der Waals surface area contributed by atoms with E-state index in [2.05, 4.69) is 0 Å². The summed E-state index contributed by atoms with van der Waals surface area (Å²) < 4.78 is 5.19. The van der Waals surface area contributed by atoms with Gasteiger partial charge in [0.2, 0.25) is 0 Å². The van der Waals surface area contributed by atoms with Crippen molar-refractivity contribution in [2.24, 2.45) is 11.7 Å². The zero-order valence-corrected chi connectivity index (χ0v) is 7.16. The Morgan fingerprint density at radius 2 is 2.09 bits per heavy atom. The molecule has 1 fully saturated rings. The fraction of sp³-hybridized carbons (Fsp3) is 1.00. The number of aliphatic hydroxyl groups excluding tert-OH is 1. The zero-order valence-electron chi connectivity index (χ0n) is 7.16. The molecule has 0 spiro atoms. The Hall–Kier alpha value is -0.120. The van der Waals surface area contributed by atoms with Gasteiger partial charge in [-0.2, -0.15) is 0 Å². The topological polar surface area (TPSA) is 55.5 Å². The van der Waals surface area contributed by atoms with Crippen molar-refractivity contribution < 1.29 is 9.84 Å². The van der Waals surface area contributed by atoms with E-state index in [4.69, 9.17) is 10.5 Å². The van der Waals surface area contributed by atoms with E-state index in [1.165, 1.54) is 0 Å². The summed E-state index contributed by atoms with van der Waals surface area (Å²) in [6.45, 7) is 2.01. The highest BCUT2D eigenvalue weighted by molar-refractivity contribution is 4.86. The molecule has 0 aromatic heterocycles. The molecule has 1 aliphatic carbocycles. The molecule has 4 atom stereocenters. The Morgan fingerprint density at radius 1 is 1.45 bits per heavy atom. The van der Waals surface area contributed by atoms with Crippen LogP contribution in [-0.2, 0) is 4.74 Å². The van der Waals surface area contributed by atoms with Gasteiger partial charge in [0.1, 0.15) is 0 Å². The SMILES string of the molecule is CO[C@@H]1CC(C)[C@H](O)[C@H](N)C1. The van der Waals surface area contributed by atoms with Crippen molar-refractivity contribution in [2.75, 3.05) is 7.11 Å². The molecule has 0 radical (unpaired) electrons. The molecule has 66 valence electrons. The molecule has 1 aliphatic rings. The summed E-state index contributed by atoms with van der Waals surface area (Å²) in [4.78, 5) is 0.